The summed E-state index contributed by atoms with van der Waals surface area (Å²) < 4.78 is 37.5. The highest BCUT2D eigenvalue weighted by atomic mass is 28.3. The zero-order valence-electron chi connectivity index (χ0n) is 31.1. The Labute approximate surface area is 313 Å². The van der Waals surface area contributed by atoms with Crippen molar-refractivity contribution < 1.29 is 33.0 Å². The summed E-state index contributed by atoms with van der Waals surface area (Å²) >= 11 is 0. The third-order valence-electron chi connectivity index (χ3n) is 10.7. The van der Waals surface area contributed by atoms with Crippen molar-refractivity contribution in [1.82, 2.24) is 4.90 Å². The normalized spacial score (nSPS) is 21.2. The van der Waals surface area contributed by atoms with Crippen molar-refractivity contribution in [1.29, 1.82) is 0 Å². The van der Waals surface area contributed by atoms with Crippen LogP contribution in [0.25, 0.3) is 0 Å². The monoisotopic (exact) mass is 764 g/mol. The van der Waals surface area contributed by atoms with E-state index in [2.05, 4.69) is 18.4 Å². The first-order valence-electron chi connectivity index (χ1n) is 18.3. The molecule has 54 heavy (non-hydrogen) atoms. The van der Waals surface area contributed by atoms with Gasteiger partial charge in [0.1, 0.15) is 23.0 Å². The summed E-state index contributed by atoms with van der Waals surface area (Å²) in [5.41, 5.74) is 0.000357. The van der Waals surface area contributed by atoms with Crippen molar-refractivity contribution in [3.05, 3.63) is 97.6 Å². The van der Waals surface area contributed by atoms with Gasteiger partial charge in [0.2, 0.25) is 5.91 Å². The number of ether oxygens (including phenoxy) is 1. The molecule has 0 radical (unpaired) electrons. The van der Waals surface area contributed by atoms with E-state index < -0.39 is 65.3 Å². The molecule has 13 nitrogen and oxygen atoms in total. The summed E-state index contributed by atoms with van der Waals surface area (Å²) in [7, 11) is -1.41. The van der Waals surface area contributed by atoms with Gasteiger partial charge in [0.15, 0.2) is 11.6 Å². The second-order valence-electron chi connectivity index (χ2n) is 16.1. The van der Waals surface area contributed by atoms with E-state index in [1.165, 1.54) is 41.3 Å². The Balaban J connectivity index is 1.33. The molecular formula is C38H46F2N6O7Si. The van der Waals surface area contributed by atoms with Gasteiger partial charge >= 0.3 is 6.09 Å². The second kappa shape index (κ2) is 15.0. The Hall–Kier alpha value is -5.12. The van der Waals surface area contributed by atoms with E-state index in [1.54, 1.807) is 43.9 Å². The van der Waals surface area contributed by atoms with Gasteiger partial charge in [0.25, 0.3) is 11.4 Å². The number of hydrogen-bond donors (Lipinski definition) is 1. The van der Waals surface area contributed by atoms with E-state index in [9.17, 15) is 29.8 Å². The number of carbonyl (C=O) groups is 2. The van der Waals surface area contributed by atoms with Gasteiger partial charge in [-0.15, -0.1) is 0 Å². The van der Waals surface area contributed by atoms with Crippen molar-refractivity contribution in [3.8, 4) is 0 Å². The van der Waals surface area contributed by atoms with Gasteiger partial charge < -0.3 is 19.9 Å². The summed E-state index contributed by atoms with van der Waals surface area (Å²) in [5, 5.41) is 26.5. The van der Waals surface area contributed by atoms with Crippen molar-refractivity contribution in [2.24, 2.45) is 0 Å². The van der Waals surface area contributed by atoms with Crippen LogP contribution in [0.15, 0.2) is 54.6 Å². The van der Waals surface area contributed by atoms with Crippen LogP contribution in [0.3, 0.4) is 0 Å². The van der Waals surface area contributed by atoms with Gasteiger partial charge in [0, 0.05) is 43.5 Å². The van der Waals surface area contributed by atoms with Crippen LogP contribution in [0, 0.1) is 31.9 Å². The molecule has 3 aromatic carbocycles. The number of nitro benzene ring substituents is 2. The van der Waals surface area contributed by atoms with Crippen molar-refractivity contribution >= 4 is 48.5 Å². The molecule has 1 N–H and O–H groups in total. The van der Waals surface area contributed by atoms with Crippen LogP contribution in [0.2, 0.25) is 25.2 Å². The highest BCUT2D eigenvalue weighted by molar-refractivity contribution is 6.77. The molecule has 0 saturated carbocycles. The molecule has 6 rings (SSSR count). The maximum Gasteiger partial charge on any atom is 0.410 e. The molecule has 0 bridgehead atoms. The topological polar surface area (TPSA) is 151 Å². The number of carbonyl (C=O) groups excluding carboxylic acids is 2. The Morgan fingerprint density at radius 2 is 1.44 bits per heavy atom. The Morgan fingerprint density at radius 1 is 0.852 bits per heavy atom. The van der Waals surface area contributed by atoms with Crippen LogP contribution in [0.1, 0.15) is 69.7 Å². The summed E-state index contributed by atoms with van der Waals surface area (Å²) in [6.07, 6.45) is 1.20. The molecule has 0 aromatic heterocycles. The van der Waals surface area contributed by atoms with Gasteiger partial charge in [-0.1, -0.05) is 31.3 Å². The first kappa shape index (κ1) is 38.6. The molecular weight excluding hydrogens is 719 g/mol. The van der Waals surface area contributed by atoms with E-state index in [0.29, 0.717) is 56.4 Å². The van der Waals surface area contributed by atoms with E-state index in [1.807, 2.05) is 4.90 Å². The van der Waals surface area contributed by atoms with Crippen LogP contribution in [0.5, 0.6) is 0 Å². The van der Waals surface area contributed by atoms with E-state index in [-0.39, 0.29) is 28.4 Å². The van der Waals surface area contributed by atoms with Gasteiger partial charge in [-0.05, 0) is 87.9 Å². The largest absolute Gasteiger partial charge is 0.444 e. The van der Waals surface area contributed by atoms with Crippen molar-refractivity contribution in [2.75, 3.05) is 34.8 Å². The number of nitro groups is 2. The van der Waals surface area contributed by atoms with Gasteiger partial charge in [-0.2, -0.15) is 0 Å². The average molecular weight is 765 g/mol. The average Bonchev–Trinajstić information content (AvgIpc) is 3.77. The molecule has 0 aliphatic carbocycles. The minimum absolute atomic E-state index is 0.0598. The summed E-state index contributed by atoms with van der Waals surface area (Å²) in [6, 6.07) is 12.9. The Kier molecular flexibility index (Phi) is 10.7. The highest BCUT2D eigenvalue weighted by Crippen LogP contribution is 2.49. The van der Waals surface area contributed by atoms with Crippen LogP contribution in [0.4, 0.5) is 42.0 Å². The number of nitrogens with zero attached hydrogens (tertiary/aromatic N) is 5. The third kappa shape index (κ3) is 8.17. The van der Waals surface area contributed by atoms with Crippen LogP contribution < -0.4 is 15.1 Å². The number of benzene rings is 3. The zero-order chi connectivity index (χ0) is 39.1. The fourth-order valence-corrected chi connectivity index (χ4v) is 9.79. The first-order valence-corrected chi connectivity index (χ1v) is 21.7. The number of likely N-dealkylation sites (tertiary alicyclic amines) is 1. The molecule has 16 heteroatoms. The minimum atomic E-state index is -1.41. The number of amides is 2. The number of nitrogens with one attached hydrogen (secondary N) is 1. The van der Waals surface area contributed by atoms with E-state index in [4.69, 9.17) is 4.74 Å². The summed E-state index contributed by atoms with van der Waals surface area (Å²) in [5.74, 6) is -2.01. The molecule has 3 aliphatic rings. The zero-order valence-corrected chi connectivity index (χ0v) is 32.1. The van der Waals surface area contributed by atoms with Gasteiger partial charge in [-0.3, -0.25) is 29.9 Å². The maximum atomic E-state index is 16.0. The number of anilines is 3. The quantitative estimate of drug-likeness (QED) is 0.135. The molecule has 3 fully saturated rings. The molecule has 288 valence electrons. The third-order valence-corrected chi connectivity index (χ3v) is 13.8. The lowest BCUT2D eigenvalue weighted by Gasteiger charge is -2.38. The standard InChI is InChI=1S/C38H46F2N6O7Si/c1-38(2,3)53-37(48)43-16-6-7-33(43)36(47)41-30-13-10-25(21-34(30)46(51)52)32-15-14-31(24-8-11-26(12-9-24)45(49)50)44(32)27-22-28(39)35(29(40)23-27)42-17-19-54(4,5)20-18-42/h8-13,21-23,31-33H,6-7,14-20H2,1-5H3,(H,41,47)/t31-,32-,33+/m1/s1. The SMILES string of the molecule is CC(C)(C)OC(=O)N1CCC[C@H]1C(=O)Nc1ccc([C@H]2CC[C@H](c3ccc([N+](=O)[O-])cc3)N2c2cc(F)c(N3CC[Si](C)(C)CC3)c(F)c2)cc1[N+](=O)[O-]. The molecule has 0 spiro atoms. The summed E-state index contributed by atoms with van der Waals surface area (Å²) in [6.45, 7) is 11.1. The molecule has 3 saturated heterocycles. The smallest absolute Gasteiger partial charge is 0.410 e. The molecule has 0 unspecified atom stereocenters. The number of non-ortho nitro benzene ring substituents is 1. The maximum absolute atomic E-state index is 16.0. The van der Waals surface area contributed by atoms with Crippen LogP contribution in [-0.4, -0.2) is 66.1 Å². The predicted molar refractivity (Wildman–Crippen MR) is 204 cm³/mol. The molecule has 3 atom stereocenters. The van der Waals surface area contributed by atoms with Crippen molar-refractivity contribution in [2.45, 2.75) is 95.4 Å². The van der Waals surface area contributed by atoms with Crippen LogP contribution >= 0.6 is 0 Å². The Bertz CT molecular complexity index is 1920. The molecule has 3 heterocycles. The minimum Gasteiger partial charge on any atom is -0.444 e. The first-order chi connectivity index (χ1) is 25.4. The molecule has 3 aliphatic heterocycles. The van der Waals surface area contributed by atoms with Crippen molar-refractivity contribution in [3.63, 3.8) is 0 Å². The lowest BCUT2D eigenvalue weighted by Crippen LogP contribution is -2.45. The van der Waals surface area contributed by atoms with Crippen LogP contribution in [-0.2, 0) is 9.53 Å². The van der Waals surface area contributed by atoms with E-state index in [0.717, 1.165) is 12.1 Å². The summed E-state index contributed by atoms with van der Waals surface area (Å²) in [4.78, 5) is 53.9. The highest BCUT2D eigenvalue weighted by Gasteiger charge is 2.40. The number of rotatable bonds is 8. The van der Waals surface area contributed by atoms with Gasteiger partial charge in [-0.25, -0.2) is 13.6 Å². The predicted octanol–water partition coefficient (Wildman–Crippen LogP) is 8.73. The number of halogens is 2. The second-order valence-corrected chi connectivity index (χ2v) is 21.5. The molecule has 3 aromatic rings. The Morgan fingerprint density at radius 3 is 2.02 bits per heavy atom. The lowest BCUT2D eigenvalue weighted by molar-refractivity contribution is -0.384. The fraction of sp³-hybridized carbons (Fsp3) is 0.474. The fourth-order valence-electron chi connectivity index (χ4n) is 7.79. The molecule has 2 amide bonds. The van der Waals surface area contributed by atoms with Gasteiger partial charge in [0.05, 0.1) is 30.0 Å². The number of hydrogen-bond acceptors (Lipinski definition) is 9. The lowest BCUT2D eigenvalue weighted by atomic mass is 10.0. The van der Waals surface area contributed by atoms with E-state index >= 15 is 8.78 Å².